The van der Waals surface area contributed by atoms with Gasteiger partial charge in [0.05, 0.1) is 6.10 Å². The Labute approximate surface area is 67.2 Å². The van der Waals surface area contributed by atoms with Crippen LogP contribution in [0.2, 0.25) is 0 Å². The molecule has 0 radical (unpaired) electrons. The summed E-state index contributed by atoms with van der Waals surface area (Å²) >= 11 is 0. The first kappa shape index (κ1) is 8.50. The van der Waals surface area contributed by atoms with Gasteiger partial charge in [0.1, 0.15) is 0 Å². The summed E-state index contributed by atoms with van der Waals surface area (Å²) in [7, 11) is 0. The van der Waals surface area contributed by atoms with Crippen molar-refractivity contribution in [2.75, 3.05) is 0 Å². The van der Waals surface area contributed by atoms with Crippen molar-refractivity contribution in [3.8, 4) is 0 Å². The van der Waals surface area contributed by atoms with Gasteiger partial charge in [0, 0.05) is 6.42 Å². The van der Waals surface area contributed by atoms with Crippen LogP contribution in [0.5, 0.6) is 0 Å². The summed E-state index contributed by atoms with van der Waals surface area (Å²) in [5.74, 6) is 0. The normalized spacial score (nSPS) is 32.5. The molecule has 0 aromatic heterocycles. The van der Waals surface area contributed by atoms with Gasteiger partial charge in [0.25, 0.3) is 0 Å². The van der Waals surface area contributed by atoms with E-state index in [-0.39, 0.29) is 6.10 Å². The van der Waals surface area contributed by atoms with Crippen LogP contribution in [0.25, 0.3) is 0 Å². The lowest BCUT2D eigenvalue weighted by atomic mass is 10.2. The Hall–Kier alpha value is -0.600. The maximum absolute atomic E-state index is 8.98. The molecule has 0 saturated carbocycles. The number of allylic oxidation sites excluding steroid dienone is 3. The van der Waals surface area contributed by atoms with Crippen molar-refractivity contribution in [3.05, 3.63) is 24.3 Å². The van der Waals surface area contributed by atoms with Gasteiger partial charge in [-0.2, -0.15) is 0 Å². The van der Waals surface area contributed by atoms with Crippen LogP contribution in [0, 0.1) is 0 Å². The second-order valence-corrected chi connectivity index (χ2v) is 2.62. The number of aliphatic hydroxyl groups excluding tert-OH is 1. The van der Waals surface area contributed by atoms with Crippen LogP contribution < -0.4 is 0 Å². The van der Waals surface area contributed by atoms with Crippen molar-refractivity contribution in [1.82, 2.24) is 0 Å². The predicted molar refractivity (Wildman–Crippen MR) is 44.1 cm³/mol. The standard InChI is InChI=1S/C9H14O2/c1-2-3-4-5-8-6-7-9(10)11-8/h2-5,8-10H,6-7H2,1H3/b3-2+,5-4+/t8-,9+/m0/s1. The highest BCUT2D eigenvalue weighted by Crippen LogP contribution is 2.18. The molecule has 1 rings (SSSR count). The molecule has 1 heterocycles. The maximum Gasteiger partial charge on any atom is 0.155 e. The van der Waals surface area contributed by atoms with Gasteiger partial charge in [-0.1, -0.05) is 24.3 Å². The van der Waals surface area contributed by atoms with Gasteiger partial charge in [-0.25, -0.2) is 0 Å². The van der Waals surface area contributed by atoms with Gasteiger partial charge in [-0.05, 0) is 13.3 Å². The molecular formula is C9H14O2. The SMILES string of the molecule is C/C=C/C=C/[C@H]1CC[C@H](O)O1. The maximum atomic E-state index is 8.98. The summed E-state index contributed by atoms with van der Waals surface area (Å²) in [4.78, 5) is 0. The molecule has 0 aromatic rings. The Morgan fingerprint density at radius 3 is 2.73 bits per heavy atom. The molecule has 0 aliphatic carbocycles. The zero-order chi connectivity index (χ0) is 8.10. The summed E-state index contributed by atoms with van der Waals surface area (Å²) < 4.78 is 5.14. The number of hydrogen-bond acceptors (Lipinski definition) is 2. The largest absolute Gasteiger partial charge is 0.368 e. The van der Waals surface area contributed by atoms with Gasteiger partial charge in [-0.3, -0.25) is 0 Å². The molecule has 2 atom stereocenters. The molecule has 0 amide bonds. The van der Waals surface area contributed by atoms with E-state index in [0.717, 1.165) is 12.8 Å². The molecule has 1 fully saturated rings. The van der Waals surface area contributed by atoms with Crippen molar-refractivity contribution in [3.63, 3.8) is 0 Å². The second kappa shape index (κ2) is 4.31. The van der Waals surface area contributed by atoms with Crippen LogP contribution in [-0.2, 0) is 4.74 Å². The third-order valence-corrected chi connectivity index (χ3v) is 1.66. The highest BCUT2D eigenvalue weighted by atomic mass is 16.6. The fourth-order valence-corrected chi connectivity index (χ4v) is 1.09. The lowest BCUT2D eigenvalue weighted by Gasteiger charge is -2.02. The van der Waals surface area contributed by atoms with E-state index in [2.05, 4.69) is 0 Å². The monoisotopic (exact) mass is 154 g/mol. The Morgan fingerprint density at radius 1 is 1.36 bits per heavy atom. The average molecular weight is 154 g/mol. The minimum absolute atomic E-state index is 0.112. The first-order valence-corrected chi connectivity index (χ1v) is 3.96. The van der Waals surface area contributed by atoms with Crippen LogP contribution in [0.4, 0.5) is 0 Å². The van der Waals surface area contributed by atoms with Gasteiger partial charge in [0.2, 0.25) is 0 Å². The third-order valence-electron chi connectivity index (χ3n) is 1.66. The van der Waals surface area contributed by atoms with Crippen molar-refractivity contribution in [2.24, 2.45) is 0 Å². The van der Waals surface area contributed by atoms with Crippen molar-refractivity contribution in [1.29, 1.82) is 0 Å². The molecule has 1 aliphatic heterocycles. The van der Waals surface area contributed by atoms with Crippen LogP contribution in [-0.4, -0.2) is 17.5 Å². The molecule has 62 valence electrons. The molecule has 0 unspecified atom stereocenters. The quantitative estimate of drug-likeness (QED) is 0.612. The lowest BCUT2D eigenvalue weighted by Crippen LogP contribution is -2.06. The van der Waals surface area contributed by atoms with E-state index in [1.54, 1.807) is 0 Å². The van der Waals surface area contributed by atoms with E-state index in [1.165, 1.54) is 0 Å². The van der Waals surface area contributed by atoms with Crippen LogP contribution in [0.3, 0.4) is 0 Å². The molecule has 0 bridgehead atoms. The molecule has 1 N–H and O–H groups in total. The van der Waals surface area contributed by atoms with E-state index in [4.69, 9.17) is 9.84 Å². The summed E-state index contributed by atoms with van der Waals surface area (Å²) in [6, 6.07) is 0. The zero-order valence-electron chi connectivity index (χ0n) is 6.73. The molecule has 11 heavy (non-hydrogen) atoms. The first-order valence-electron chi connectivity index (χ1n) is 3.96. The van der Waals surface area contributed by atoms with Crippen molar-refractivity contribution >= 4 is 0 Å². The van der Waals surface area contributed by atoms with Crippen LogP contribution in [0.15, 0.2) is 24.3 Å². The van der Waals surface area contributed by atoms with E-state index < -0.39 is 6.29 Å². The lowest BCUT2D eigenvalue weighted by molar-refractivity contribution is -0.0777. The van der Waals surface area contributed by atoms with Gasteiger partial charge in [-0.15, -0.1) is 0 Å². The Balaban J connectivity index is 2.27. The zero-order valence-corrected chi connectivity index (χ0v) is 6.73. The van der Waals surface area contributed by atoms with Gasteiger partial charge < -0.3 is 9.84 Å². The Bertz CT molecular complexity index is 161. The molecular weight excluding hydrogens is 140 g/mol. The minimum Gasteiger partial charge on any atom is -0.368 e. The topological polar surface area (TPSA) is 29.5 Å². The van der Waals surface area contributed by atoms with E-state index in [9.17, 15) is 0 Å². The highest BCUT2D eigenvalue weighted by molar-refractivity contribution is 5.04. The predicted octanol–water partition coefficient (Wildman–Crippen LogP) is 1.62. The van der Waals surface area contributed by atoms with Crippen LogP contribution in [0.1, 0.15) is 19.8 Å². The summed E-state index contributed by atoms with van der Waals surface area (Å²) in [6.45, 7) is 1.97. The van der Waals surface area contributed by atoms with Crippen molar-refractivity contribution < 1.29 is 9.84 Å². The number of aliphatic hydroxyl groups is 1. The Morgan fingerprint density at radius 2 is 2.18 bits per heavy atom. The summed E-state index contributed by atoms with van der Waals surface area (Å²) in [6.07, 6.45) is 9.08. The van der Waals surface area contributed by atoms with E-state index in [1.807, 2.05) is 31.2 Å². The molecule has 1 aliphatic rings. The number of hydrogen-bond donors (Lipinski definition) is 1. The minimum atomic E-state index is -0.546. The molecule has 1 saturated heterocycles. The number of rotatable bonds is 2. The molecule has 2 nitrogen and oxygen atoms in total. The molecule has 0 spiro atoms. The second-order valence-electron chi connectivity index (χ2n) is 2.62. The fourth-order valence-electron chi connectivity index (χ4n) is 1.09. The third kappa shape index (κ3) is 2.87. The summed E-state index contributed by atoms with van der Waals surface area (Å²) in [5, 5.41) is 8.98. The highest BCUT2D eigenvalue weighted by Gasteiger charge is 2.19. The van der Waals surface area contributed by atoms with E-state index >= 15 is 0 Å². The van der Waals surface area contributed by atoms with Gasteiger partial charge >= 0.3 is 0 Å². The summed E-state index contributed by atoms with van der Waals surface area (Å²) in [5.41, 5.74) is 0. The Kier molecular flexibility index (Phi) is 3.33. The smallest absolute Gasteiger partial charge is 0.155 e. The van der Waals surface area contributed by atoms with E-state index in [0.29, 0.717) is 0 Å². The molecule has 2 heteroatoms. The number of ether oxygens (including phenoxy) is 1. The first-order chi connectivity index (χ1) is 5.33. The average Bonchev–Trinajstić information content (AvgIpc) is 2.37. The van der Waals surface area contributed by atoms with Gasteiger partial charge in [0.15, 0.2) is 6.29 Å². The fraction of sp³-hybridized carbons (Fsp3) is 0.556. The molecule has 0 aromatic carbocycles. The van der Waals surface area contributed by atoms with Crippen LogP contribution >= 0.6 is 0 Å². The van der Waals surface area contributed by atoms with Crippen molar-refractivity contribution in [2.45, 2.75) is 32.2 Å².